The van der Waals surface area contributed by atoms with Crippen molar-refractivity contribution in [1.29, 1.82) is 0 Å². The normalized spacial score (nSPS) is 15.5. The minimum absolute atomic E-state index is 0.0991. The Kier molecular flexibility index (Phi) is 4.83. The lowest BCUT2D eigenvalue weighted by Crippen LogP contribution is -2.35. The summed E-state index contributed by atoms with van der Waals surface area (Å²) in [6, 6.07) is 7.75. The average molecular weight is 354 g/mol. The van der Waals surface area contributed by atoms with Gasteiger partial charge in [0, 0.05) is 24.2 Å². The van der Waals surface area contributed by atoms with Crippen LogP contribution < -0.4 is 0 Å². The maximum Gasteiger partial charge on any atom is 0.254 e. The molecule has 1 aromatic carbocycles. The highest BCUT2D eigenvalue weighted by Crippen LogP contribution is 2.26. The van der Waals surface area contributed by atoms with E-state index in [1.807, 2.05) is 34.7 Å². The Morgan fingerprint density at radius 1 is 1.24 bits per heavy atom. The van der Waals surface area contributed by atoms with E-state index in [-0.39, 0.29) is 5.91 Å². The van der Waals surface area contributed by atoms with Crippen LogP contribution in [0.25, 0.3) is 10.2 Å². The van der Waals surface area contributed by atoms with E-state index in [0.717, 1.165) is 27.9 Å². The minimum Gasteiger partial charge on any atom is -0.472 e. The van der Waals surface area contributed by atoms with Crippen LogP contribution in [0.1, 0.15) is 48.0 Å². The summed E-state index contributed by atoms with van der Waals surface area (Å²) in [4.78, 5) is 19.5. The van der Waals surface area contributed by atoms with Gasteiger partial charge in [-0.15, -0.1) is 11.3 Å². The Morgan fingerprint density at radius 2 is 2.12 bits per heavy atom. The van der Waals surface area contributed by atoms with Crippen LogP contribution in [0.3, 0.4) is 0 Å². The molecule has 2 heterocycles. The molecule has 3 aromatic rings. The van der Waals surface area contributed by atoms with Crippen molar-refractivity contribution in [3.05, 3.63) is 53.4 Å². The number of nitrogens with zero attached hydrogens (tertiary/aromatic N) is 2. The first-order valence-electron chi connectivity index (χ1n) is 8.93. The lowest BCUT2D eigenvalue weighted by Gasteiger charge is -2.29. The van der Waals surface area contributed by atoms with Crippen LogP contribution >= 0.6 is 11.3 Å². The highest BCUT2D eigenvalue weighted by atomic mass is 32.1. The van der Waals surface area contributed by atoms with Crippen molar-refractivity contribution in [3.63, 3.8) is 0 Å². The van der Waals surface area contributed by atoms with E-state index in [2.05, 4.69) is 4.98 Å². The van der Waals surface area contributed by atoms with Gasteiger partial charge in [-0.25, -0.2) is 4.98 Å². The maximum absolute atomic E-state index is 13.2. The third kappa shape index (κ3) is 3.76. The third-order valence-electron chi connectivity index (χ3n) is 5.02. The summed E-state index contributed by atoms with van der Waals surface area (Å²) in [6.45, 7) is 1.43. The fourth-order valence-electron chi connectivity index (χ4n) is 3.67. The molecule has 0 aliphatic heterocycles. The number of thiazole rings is 1. The fraction of sp³-hybridized carbons (Fsp3) is 0.400. The Bertz CT molecular complexity index is 834. The van der Waals surface area contributed by atoms with Crippen LogP contribution in [0.4, 0.5) is 0 Å². The summed E-state index contributed by atoms with van der Waals surface area (Å²) < 4.78 is 6.26. The summed E-state index contributed by atoms with van der Waals surface area (Å²) in [5.74, 6) is 0.707. The van der Waals surface area contributed by atoms with Gasteiger partial charge in [-0.05, 0) is 43.0 Å². The second kappa shape index (κ2) is 7.40. The molecule has 1 aliphatic rings. The number of carbonyl (C=O) groups is 1. The molecule has 1 aliphatic carbocycles. The first-order valence-corrected chi connectivity index (χ1v) is 9.81. The molecule has 0 saturated heterocycles. The van der Waals surface area contributed by atoms with Gasteiger partial charge in [0.05, 0.1) is 28.3 Å². The Hall–Kier alpha value is -2.14. The van der Waals surface area contributed by atoms with Crippen molar-refractivity contribution in [2.45, 2.75) is 38.6 Å². The van der Waals surface area contributed by atoms with Crippen LogP contribution in [-0.4, -0.2) is 22.3 Å². The molecule has 4 rings (SSSR count). The molecule has 1 fully saturated rings. The van der Waals surface area contributed by atoms with E-state index in [1.54, 1.807) is 23.9 Å². The van der Waals surface area contributed by atoms with Gasteiger partial charge in [-0.3, -0.25) is 4.79 Å². The third-order valence-corrected chi connectivity index (χ3v) is 5.81. The summed E-state index contributed by atoms with van der Waals surface area (Å²) in [5.41, 5.74) is 4.57. The summed E-state index contributed by atoms with van der Waals surface area (Å²) in [6.07, 6.45) is 9.74. The van der Waals surface area contributed by atoms with Crippen molar-refractivity contribution in [1.82, 2.24) is 9.88 Å². The van der Waals surface area contributed by atoms with E-state index in [9.17, 15) is 4.79 Å². The lowest BCUT2D eigenvalue weighted by molar-refractivity contribution is 0.0699. The number of hydrogen-bond donors (Lipinski definition) is 0. The lowest BCUT2D eigenvalue weighted by atomic mass is 9.88. The van der Waals surface area contributed by atoms with Gasteiger partial charge < -0.3 is 9.32 Å². The van der Waals surface area contributed by atoms with Crippen molar-refractivity contribution in [2.75, 3.05) is 6.54 Å². The second-order valence-electron chi connectivity index (χ2n) is 6.86. The number of fused-ring (bicyclic) bond motifs is 1. The van der Waals surface area contributed by atoms with Gasteiger partial charge >= 0.3 is 0 Å². The number of furan rings is 1. The monoisotopic (exact) mass is 354 g/mol. The molecule has 4 nitrogen and oxygen atoms in total. The molecule has 0 radical (unpaired) electrons. The molecule has 2 aromatic heterocycles. The molecular formula is C20H22N2O2S. The number of amides is 1. The maximum atomic E-state index is 13.2. The van der Waals surface area contributed by atoms with E-state index in [0.29, 0.717) is 12.5 Å². The summed E-state index contributed by atoms with van der Waals surface area (Å²) in [5, 5.41) is 0. The van der Waals surface area contributed by atoms with Gasteiger partial charge in [0.25, 0.3) is 5.91 Å². The molecule has 0 atom stereocenters. The van der Waals surface area contributed by atoms with E-state index in [1.165, 1.54) is 32.1 Å². The van der Waals surface area contributed by atoms with Crippen LogP contribution in [-0.2, 0) is 6.54 Å². The predicted molar refractivity (Wildman–Crippen MR) is 99.6 cm³/mol. The molecule has 1 amide bonds. The van der Waals surface area contributed by atoms with Gasteiger partial charge in [-0.1, -0.05) is 19.3 Å². The van der Waals surface area contributed by atoms with Gasteiger partial charge in [0.2, 0.25) is 0 Å². The molecule has 0 spiro atoms. The number of benzene rings is 1. The molecular weight excluding hydrogens is 332 g/mol. The van der Waals surface area contributed by atoms with Crippen LogP contribution in [0.2, 0.25) is 0 Å². The molecule has 130 valence electrons. The largest absolute Gasteiger partial charge is 0.472 e. The molecule has 0 unspecified atom stereocenters. The highest BCUT2D eigenvalue weighted by Gasteiger charge is 2.23. The Balaban J connectivity index is 1.57. The highest BCUT2D eigenvalue weighted by molar-refractivity contribution is 7.16. The number of rotatable bonds is 5. The van der Waals surface area contributed by atoms with E-state index >= 15 is 0 Å². The average Bonchev–Trinajstić information content (AvgIpc) is 3.32. The molecule has 5 heteroatoms. The zero-order valence-electron chi connectivity index (χ0n) is 14.2. The van der Waals surface area contributed by atoms with Crippen LogP contribution in [0.15, 0.2) is 46.7 Å². The SMILES string of the molecule is O=C(c1ccc2ncsc2c1)N(Cc1ccoc1)CC1CCCCC1. The van der Waals surface area contributed by atoms with Crippen molar-refractivity contribution in [3.8, 4) is 0 Å². The Morgan fingerprint density at radius 3 is 2.92 bits per heavy atom. The topological polar surface area (TPSA) is 46.3 Å². The van der Waals surface area contributed by atoms with Gasteiger partial charge in [0.15, 0.2) is 0 Å². The van der Waals surface area contributed by atoms with E-state index < -0.39 is 0 Å². The van der Waals surface area contributed by atoms with Crippen LogP contribution in [0, 0.1) is 5.92 Å². The number of hydrogen-bond acceptors (Lipinski definition) is 4. The zero-order valence-corrected chi connectivity index (χ0v) is 15.0. The zero-order chi connectivity index (χ0) is 17.1. The predicted octanol–water partition coefficient (Wildman–Crippen LogP) is 5.11. The standard InChI is InChI=1S/C20H22N2O2S/c23-20(17-6-7-18-19(10-17)25-14-21-18)22(12-16-8-9-24-13-16)11-15-4-2-1-3-5-15/h6-10,13-15H,1-5,11-12H2. The smallest absolute Gasteiger partial charge is 0.254 e. The van der Waals surface area contributed by atoms with Crippen molar-refractivity contribution < 1.29 is 9.21 Å². The number of carbonyl (C=O) groups excluding carboxylic acids is 1. The fourth-order valence-corrected chi connectivity index (χ4v) is 4.39. The quantitative estimate of drug-likeness (QED) is 0.639. The number of aromatic nitrogens is 1. The molecule has 0 bridgehead atoms. The summed E-state index contributed by atoms with van der Waals surface area (Å²) in [7, 11) is 0. The Labute approximate surface area is 151 Å². The summed E-state index contributed by atoms with van der Waals surface area (Å²) >= 11 is 1.57. The van der Waals surface area contributed by atoms with E-state index in [4.69, 9.17) is 4.42 Å². The van der Waals surface area contributed by atoms with Crippen LogP contribution in [0.5, 0.6) is 0 Å². The first kappa shape index (κ1) is 16.3. The molecule has 25 heavy (non-hydrogen) atoms. The minimum atomic E-state index is 0.0991. The first-order chi connectivity index (χ1) is 12.3. The van der Waals surface area contributed by atoms with Gasteiger partial charge in [-0.2, -0.15) is 0 Å². The van der Waals surface area contributed by atoms with Crippen molar-refractivity contribution >= 4 is 27.5 Å². The van der Waals surface area contributed by atoms with Crippen molar-refractivity contribution in [2.24, 2.45) is 5.92 Å². The second-order valence-corrected chi connectivity index (χ2v) is 7.74. The van der Waals surface area contributed by atoms with Gasteiger partial charge in [0.1, 0.15) is 0 Å². The molecule has 0 N–H and O–H groups in total. The molecule has 1 saturated carbocycles.